The van der Waals surface area contributed by atoms with Crippen LogP contribution in [0.25, 0.3) is 10.9 Å². The number of para-hydroxylation sites is 1. The van der Waals surface area contributed by atoms with Crippen molar-refractivity contribution in [2.45, 2.75) is 19.8 Å². The monoisotopic (exact) mass is 350 g/mol. The van der Waals surface area contributed by atoms with Gasteiger partial charge in [-0.1, -0.05) is 24.3 Å². The summed E-state index contributed by atoms with van der Waals surface area (Å²) in [6.45, 7) is 2.33. The van der Waals surface area contributed by atoms with Crippen molar-refractivity contribution in [1.29, 1.82) is 0 Å². The van der Waals surface area contributed by atoms with Crippen LogP contribution in [0.15, 0.2) is 53.3 Å². The third kappa shape index (κ3) is 4.11. The standard InChI is InChI=1S/C21H22N2O3/c1-14-11-17-12-15(7-8-18(17)23-21(14)25)13-20(24)22-10-9-16-5-3-4-6-19(16)26-2/h3-8,11-12H,9-10,13H2,1-2H3,(H,22,24)(H,23,25). The molecule has 0 spiro atoms. The number of benzene rings is 2. The molecule has 134 valence electrons. The van der Waals surface area contributed by atoms with Crippen LogP contribution in [0.3, 0.4) is 0 Å². The van der Waals surface area contributed by atoms with Crippen molar-refractivity contribution in [3.8, 4) is 5.75 Å². The summed E-state index contributed by atoms with van der Waals surface area (Å²) in [5.74, 6) is 0.807. The van der Waals surface area contributed by atoms with E-state index in [-0.39, 0.29) is 11.5 Å². The summed E-state index contributed by atoms with van der Waals surface area (Å²) in [5, 5.41) is 3.88. The average Bonchev–Trinajstić information content (AvgIpc) is 2.63. The quantitative estimate of drug-likeness (QED) is 0.718. The molecule has 5 nitrogen and oxygen atoms in total. The molecule has 0 saturated heterocycles. The Morgan fingerprint density at radius 2 is 1.96 bits per heavy atom. The van der Waals surface area contributed by atoms with Crippen LogP contribution in [-0.4, -0.2) is 24.5 Å². The Labute approximate surface area is 152 Å². The zero-order valence-electron chi connectivity index (χ0n) is 15.0. The Hall–Kier alpha value is -3.08. The molecular weight excluding hydrogens is 328 g/mol. The van der Waals surface area contributed by atoms with Gasteiger partial charge in [-0.25, -0.2) is 0 Å². The first-order valence-corrected chi connectivity index (χ1v) is 8.58. The number of hydrogen-bond donors (Lipinski definition) is 2. The summed E-state index contributed by atoms with van der Waals surface area (Å²) < 4.78 is 5.32. The molecule has 2 N–H and O–H groups in total. The molecule has 3 aromatic rings. The van der Waals surface area contributed by atoms with Gasteiger partial charge in [-0.3, -0.25) is 9.59 Å². The molecule has 5 heteroatoms. The van der Waals surface area contributed by atoms with Crippen LogP contribution in [0.2, 0.25) is 0 Å². The van der Waals surface area contributed by atoms with Crippen molar-refractivity contribution in [1.82, 2.24) is 10.3 Å². The van der Waals surface area contributed by atoms with Gasteiger partial charge in [0.05, 0.1) is 13.5 Å². The third-order valence-electron chi connectivity index (χ3n) is 4.37. The molecule has 0 saturated carbocycles. The summed E-state index contributed by atoms with van der Waals surface area (Å²) in [7, 11) is 1.64. The van der Waals surface area contributed by atoms with Gasteiger partial charge in [-0.2, -0.15) is 0 Å². The number of amides is 1. The maximum Gasteiger partial charge on any atom is 0.251 e. The predicted molar refractivity (Wildman–Crippen MR) is 103 cm³/mol. The molecule has 0 aliphatic carbocycles. The van der Waals surface area contributed by atoms with Gasteiger partial charge >= 0.3 is 0 Å². The summed E-state index contributed by atoms with van der Waals surface area (Å²) >= 11 is 0. The van der Waals surface area contributed by atoms with Crippen LogP contribution in [0.1, 0.15) is 16.7 Å². The summed E-state index contributed by atoms with van der Waals surface area (Å²) in [6, 6.07) is 15.3. The van der Waals surface area contributed by atoms with E-state index in [0.717, 1.165) is 27.8 Å². The molecule has 0 atom stereocenters. The van der Waals surface area contributed by atoms with Gasteiger partial charge in [0.1, 0.15) is 5.75 Å². The number of H-pyrrole nitrogens is 1. The van der Waals surface area contributed by atoms with Gasteiger partial charge in [0.2, 0.25) is 5.91 Å². The van der Waals surface area contributed by atoms with Gasteiger partial charge < -0.3 is 15.0 Å². The smallest absolute Gasteiger partial charge is 0.251 e. The molecule has 2 aromatic carbocycles. The van der Waals surface area contributed by atoms with Crippen LogP contribution >= 0.6 is 0 Å². The van der Waals surface area contributed by atoms with E-state index in [1.807, 2.05) is 48.5 Å². The van der Waals surface area contributed by atoms with Crippen LogP contribution < -0.4 is 15.6 Å². The molecule has 0 unspecified atom stereocenters. The molecular formula is C21H22N2O3. The number of ether oxygens (including phenoxy) is 1. The van der Waals surface area contributed by atoms with Gasteiger partial charge in [0, 0.05) is 17.6 Å². The third-order valence-corrected chi connectivity index (χ3v) is 4.37. The maximum absolute atomic E-state index is 12.2. The second-order valence-electron chi connectivity index (χ2n) is 6.29. The van der Waals surface area contributed by atoms with Crippen LogP contribution in [0.5, 0.6) is 5.75 Å². The highest BCUT2D eigenvalue weighted by Crippen LogP contribution is 2.17. The minimum atomic E-state index is -0.0840. The number of carbonyl (C=O) groups excluding carboxylic acids is 1. The summed E-state index contributed by atoms with van der Waals surface area (Å²) in [5.41, 5.74) is 3.34. The molecule has 1 amide bonds. The number of hydrogen-bond acceptors (Lipinski definition) is 3. The van der Waals surface area contributed by atoms with E-state index in [1.165, 1.54) is 0 Å². The lowest BCUT2D eigenvalue weighted by Crippen LogP contribution is -2.27. The van der Waals surface area contributed by atoms with Crippen molar-refractivity contribution >= 4 is 16.8 Å². The minimum Gasteiger partial charge on any atom is -0.496 e. The van der Waals surface area contributed by atoms with Gasteiger partial charge in [0.25, 0.3) is 5.56 Å². The molecule has 0 bridgehead atoms. The molecule has 26 heavy (non-hydrogen) atoms. The first-order chi connectivity index (χ1) is 12.6. The number of nitrogens with one attached hydrogen (secondary N) is 2. The fourth-order valence-corrected chi connectivity index (χ4v) is 2.97. The van der Waals surface area contributed by atoms with Crippen molar-refractivity contribution in [2.75, 3.05) is 13.7 Å². The molecule has 0 fully saturated rings. The lowest BCUT2D eigenvalue weighted by Gasteiger charge is -2.09. The molecule has 1 aromatic heterocycles. The normalized spacial score (nSPS) is 10.7. The van der Waals surface area contributed by atoms with E-state index >= 15 is 0 Å². The number of pyridine rings is 1. The van der Waals surface area contributed by atoms with Crippen molar-refractivity contribution in [3.05, 3.63) is 75.6 Å². The highest BCUT2D eigenvalue weighted by Gasteiger charge is 2.07. The maximum atomic E-state index is 12.2. The largest absolute Gasteiger partial charge is 0.496 e. The van der Waals surface area contributed by atoms with E-state index in [2.05, 4.69) is 10.3 Å². The first kappa shape index (κ1) is 17.7. The minimum absolute atomic E-state index is 0.0274. The molecule has 0 radical (unpaired) electrons. The second kappa shape index (κ2) is 7.87. The number of aromatic amines is 1. The van der Waals surface area contributed by atoms with E-state index in [1.54, 1.807) is 14.0 Å². The Morgan fingerprint density at radius 3 is 2.77 bits per heavy atom. The number of carbonyl (C=O) groups is 1. The lowest BCUT2D eigenvalue weighted by atomic mass is 10.1. The fraction of sp³-hybridized carbons (Fsp3) is 0.238. The highest BCUT2D eigenvalue weighted by molar-refractivity contribution is 5.83. The summed E-state index contributed by atoms with van der Waals surface area (Å²) in [6.07, 6.45) is 1.02. The Morgan fingerprint density at radius 1 is 1.15 bits per heavy atom. The van der Waals surface area contributed by atoms with E-state index in [0.29, 0.717) is 24.9 Å². The second-order valence-corrected chi connectivity index (χ2v) is 6.29. The van der Waals surface area contributed by atoms with Crippen molar-refractivity contribution in [2.24, 2.45) is 0 Å². The number of aryl methyl sites for hydroxylation is 1. The van der Waals surface area contributed by atoms with Gasteiger partial charge in [-0.15, -0.1) is 0 Å². The molecule has 0 aliphatic heterocycles. The fourth-order valence-electron chi connectivity index (χ4n) is 2.97. The number of fused-ring (bicyclic) bond motifs is 1. The number of rotatable bonds is 6. The number of methoxy groups -OCH3 is 1. The van der Waals surface area contributed by atoms with E-state index < -0.39 is 0 Å². The number of aromatic nitrogens is 1. The SMILES string of the molecule is COc1ccccc1CCNC(=O)Cc1ccc2[nH]c(=O)c(C)cc2c1. The molecule has 1 heterocycles. The lowest BCUT2D eigenvalue weighted by molar-refractivity contribution is -0.120. The topological polar surface area (TPSA) is 71.2 Å². The average molecular weight is 350 g/mol. The molecule has 3 rings (SSSR count). The van der Waals surface area contributed by atoms with Crippen molar-refractivity contribution < 1.29 is 9.53 Å². The van der Waals surface area contributed by atoms with Gasteiger partial charge in [-0.05, 0) is 54.1 Å². The highest BCUT2D eigenvalue weighted by atomic mass is 16.5. The van der Waals surface area contributed by atoms with Crippen LogP contribution in [0.4, 0.5) is 0 Å². The predicted octanol–water partition coefficient (Wildman–Crippen LogP) is 2.75. The van der Waals surface area contributed by atoms with E-state index in [9.17, 15) is 9.59 Å². The Bertz CT molecular complexity index is 992. The van der Waals surface area contributed by atoms with Gasteiger partial charge in [0.15, 0.2) is 0 Å². The first-order valence-electron chi connectivity index (χ1n) is 8.58. The van der Waals surface area contributed by atoms with E-state index in [4.69, 9.17) is 4.74 Å². The molecule has 0 aliphatic rings. The van der Waals surface area contributed by atoms with Crippen molar-refractivity contribution in [3.63, 3.8) is 0 Å². The zero-order valence-corrected chi connectivity index (χ0v) is 15.0. The van der Waals surface area contributed by atoms with Crippen LogP contribution in [-0.2, 0) is 17.6 Å². The Kier molecular flexibility index (Phi) is 5.37. The zero-order chi connectivity index (χ0) is 18.5. The van der Waals surface area contributed by atoms with Crippen LogP contribution in [0, 0.1) is 6.92 Å². The Balaban J connectivity index is 1.60. The summed E-state index contributed by atoms with van der Waals surface area (Å²) in [4.78, 5) is 26.7.